The molecule has 0 spiro atoms. The molecule has 0 unspecified atom stereocenters. The second-order valence-electron chi connectivity index (χ2n) is 4.59. The van der Waals surface area contributed by atoms with E-state index in [1.54, 1.807) is 23.5 Å². The molecule has 0 saturated heterocycles. The van der Waals surface area contributed by atoms with Gasteiger partial charge in [0.1, 0.15) is 12.4 Å². The second kappa shape index (κ2) is 7.75. The standard InChI is InChI=1S/C15H19N3O2S/c1-16-7-8-18(2)15(19)13-5-3-4-6-14(13)20-9-12-10-21-11-17-12/h3-6,10-11,16H,7-9H2,1-2H3. The summed E-state index contributed by atoms with van der Waals surface area (Å²) >= 11 is 1.53. The molecule has 0 aliphatic heterocycles. The zero-order chi connectivity index (χ0) is 15.1. The molecule has 1 N–H and O–H groups in total. The molecule has 0 radical (unpaired) electrons. The average Bonchev–Trinajstić information content (AvgIpc) is 3.03. The van der Waals surface area contributed by atoms with Crippen molar-refractivity contribution in [1.82, 2.24) is 15.2 Å². The van der Waals surface area contributed by atoms with Crippen molar-refractivity contribution in [2.75, 3.05) is 27.2 Å². The van der Waals surface area contributed by atoms with Crippen LogP contribution >= 0.6 is 11.3 Å². The number of hydrogen-bond donors (Lipinski definition) is 1. The molecule has 6 heteroatoms. The van der Waals surface area contributed by atoms with Crippen molar-refractivity contribution in [2.45, 2.75) is 6.61 Å². The van der Waals surface area contributed by atoms with E-state index < -0.39 is 0 Å². The molecule has 2 rings (SSSR count). The smallest absolute Gasteiger partial charge is 0.257 e. The Labute approximate surface area is 128 Å². The number of benzene rings is 1. The third kappa shape index (κ3) is 4.27. The number of rotatable bonds is 7. The first-order chi connectivity index (χ1) is 10.2. The predicted octanol–water partition coefficient (Wildman–Crippen LogP) is 2.01. The molecule has 0 atom stereocenters. The third-order valence-electron chi connectivity index (χ3n) is 3.02. The maximum atomic E-state index is 12.4. The molecule has 0 aliphatic carbocycles. The average molecular weight is 305 g/mol. The Morgan fingerprint density at radius 3 is 2.95 bits per heavy atom. The molecule has 5 nitrogen and oxygen atoms in total. The first-order valence-corrected chi connectivity index (χ1v) is 7.65. The summed E-state index contributed by atoms with van der Waals surface area (Å²) in [4.78, 5) is 18.3. The number of likely N-dealkylation sites (N-methyl/N-ethyl adjacent to an activating group) is 2. The van der Waals surface area contributed by atoms with Gasteiger partial charge >= 0.3 is 0 Å². The lowest BCUT2D eigenvalue weighted by atomic mass is 10.1. The van der Waals surface area contributed by atoms with Crippen LogP contribution < -0.4 is 10.1 Å². The van der Waals surface area contributed by atoms with E-state index in [1.807, 2.05) is 30.6 Å². The minimum absolute atomic E-state index is 0.0425. The number of nitrogens with one attached hydrogen (secondary N) is 1. The van der Waals surface area contributed by atoms with E-state index in [9.17, 15) is 4.79 Å². The highest BCUT2D eigenvalue weighted by Crippen LogP contribution is 2.20. The lowest BCUT2D eigenvalue weighted by molar-refractivity contribution is 0.0792. The van der Waals surface area contributed by atoms with Crippen molar-refractivity contribution in [1.29, 1.82) is 0 Å². The van der Waals surface area contributed by atoms with Crippen molar-refractivity contribution >= 4 is 17.2 Å². The summed E-state index contributed by atoms with van der Waals surface area (Å²) in [7, 11) is 3.65. The zero-order valence-electron chi connectivity index (χ0n) is 12.2. The summed E-state index contributed by atoms with van der Waals surface area (Å²) in [5, 5.41) is 4.97. The molecule has 2 aromatic rings. The highest BCUT2D eigenvalue weighted by atomic mass is 32.1. The van der Waals surface area contributed by atoms with Crippen LogP contribution in [0.2, 0.25) is 0 Å². The summed E-state index contributed by atoms with van der Waals surface area (Å²) in [5.41, 5.74) is 3.21. The Kier molecular flexibility index (Phi) is 5.71. The van der Waals surface area contributed by atoms with Gasteiger partial charge in [-0.05, 0) is 19.2 Å². The Hall–Kier alpha value is -1.92. The SMILES string of the molecule is CNCCN(C)C(=O)c1ccccc1OCc1cscn1. The maximum absolute atomic E-state index is 12.4. The van der Waals surface area contributed by atoms with Gasteiger partial charge in [-0.3, -0.25) is 4.79 Å². The normalized spacial score (nSPS) is 10.4. The van der Waals surface area contributed by atoms with Gasteiger partial charge in [0, 0.05) is 25.5 Å². The van der Waals surface area contributed by atoms with Gasteiger partial charge in [-0.2, -0.15) is 0 Å². The van der Waals surface area contributed by atoms with Gasteiger partial charge in [0.25, 0.3) is 5.91 Å². The number of para-hydroxylation sites is 1. The first kappa shape index (κ1) is 15.5. The molecule has 1 amide bonds. The predicted molar refractivity (Wildman–Crippen MR) is 83.8 cm³/mol. The van der Waals surface area contributed by atoms with Crippen molar-refractivity contribution in [2.24, 2.45) is 0 Å². The van der Waals surface area contributed by atoms with Crippen molar-refractivity contribution < 1.29 is 9.53 Å². The topological polar surface area (TPSA) is 54.5 Å². The number of nitrogens with zero attached hydrogens (tertiary/aromatic N) is 2. The molecule has 112 valence electrons. The molecule has 0 fully saturated rings. The van der Waals surface area contributed by atoms with Crippen molar-refractivity contribution in [3.8, 4) is 5.75 Å². The summed E-state index contributed by atoms with van der Waals surface area (Å²) in [6.07, 6.45) is 0. The fourth-order valence-electron chi connectivity index (χ4n) is 1.82. The number of aromatic nitrogens is 1. The monoisotopic (exact) mass is 305 g/mol. The number of ether oxygens (including phenoxy) is 1. The van der Waals surface area contributed by atoms with Crippen molar-refractivity contribution in [3.63, 3.8) is 0 Å². The number of hydrogen-bond acceptors (Lipinski definition) is 5. The van der Waals surface area contributed by atoms with Crippen LogP contribution in [0.3, 0.4) is 0 Å². The van der Waals surface area contributed by atoms with Gasteiger partial charge in [0.15, 0.2) is 0 Å². The maximum Gasteiger partial charge on any atom is 0.257 e. The molecular weight excluding hydrogens is 286 g/mol. The Morgan fingerprint density at radius 2 is 2.24 bits per heavy atom. The number of amides is 1. The van der Waals surface area contributed by atoms with Gasteiger partial charge < -0.3 is 15.0 Å². The van der Waals surface area contributed by atoms with Crippen LogP contribution in [-0.4, -0.2) is 43.0 Å². The Morgan fingerprint density at radius 1 is 1.43 bits per heavy atom. The summed E-state index contributed by atoms with van der Waals surface area (Å²) < 4.78 is 5.74. The Bertz CT molecular complexity index is 572. The van der Waals surface area contributed by atoms with Gasteiger partial charge in [-0.25, -0.2) is 4.98 Å². The highest BCUT2D eigenvalue weighted by Gasteiger charge is 2.16. The third-order valence-corrected chi connectivity index (χ3v) is 3.66. The van der Waals surface area contributed by atoms with E-state index >= 15 is 0 Å². The lowest BCUT2D eigenvalue weighted by Crippen LogP contribution is -2.33. The van der Waals surface area contributed by atoms with Crippen LogP contribution in [-0.2, 0) is 6.61 Å². The molecular formula is C15H19N3O2S. The van der Waals surface area contributed by atoms with Crippen LogP contribution in [0.1, 0.15) is 16.1 Å². The quantitative estimate of drug-likeness (QED) is 0.850. The van der Waals surface area contributed by atoms with E-state index in [4.69, 9.17) is 4.74 Å². The number of carbonyl (C=O) groups is 1. The minimum Gasteiger partial charge on any atom is -0.486 e. The summed E-state index contributed by atoms with van der Waals surface area (Å²) in [6, 6.07) is 7.30. The fraction of sp³-hybridized carbons (Fsp3) is 0.333. The van der Waals surface area contributed by atoms with E-state index in [0.29, 0.717) is 24.5 Å². The number of thiazole rings is 1. The van der Waals surface area contributed by atoms with E-state index in [0.717, 1.165) is 12.2 Å². The van der Waals surface area contributed by atoms with E-state index in [2.05, 4.69) is 10.3 Å². The molecule has 1 aromatic carbocycles. The molecule has 0 aliphatic rings. The second-order valence-corrected chi connectivity index (χ2v) is 5.31. The fourth-order valence-corrected chi connectivity index (χ4v) is 2.36. The van der Waals surface area contributed by atoms with Crippen LogP contribution in [0.4, 0.5) is 0 Å². The van der Waals surface area contributed by atoms with Crippen LogP contribution in [0, 0.1) is 0 Å². The molecule has 0 saturated carbocycles. The lowest BCUT2D eigenvalue weighted by Gasteiger charge is -2.18. The molecule has 21 heavy (non-hydrogen) atoms. The molecule has 0 bridgehead atoms. The van der Waals surface area contributed by atoms with Crippen molar-refractivity contribution in [3.05, 3.63) is 46.4 Å². The van der Waals surface area contributed by atoms with Gasteiger partial charge in [-0.1, -0.05) is 12.1 Å². The first-order valence-electron chi connectivity index (χ1n) is 6.71. The van der Waals surface area contributed by atoms with E-state index in [1.165, 1.54) is 11.3 Å². The van der Waals surface area contributed by atoms with Gasteiger partial charge in [0.2, 0.25) is 0 Å². The summed E-state index contributed by atoms with van der Waals surface area (Å²) in [6.45, 7) is 1.77. The zero-order valence-corrected chi connectivity index (χ0v) is 13.0. The summed E-state index contributed by atoms with van der Waals surface area (Å²) in [5.74, 6) is 0.547. The van der Waals surface area contributed by atoms with Gasteiger partial charge in [0.05, 0.1) is 16.8 Å². The van der Waals surface area contributed by atoms with Gasteiger partial charge in [-0.15, -0.1) is 11.3 Å². The van der Waals surface area contributed by atoms with Crippen LogP contribution in [0.15, 0.2) is 35.2 Å². The van der Waals surface area contributed by atoms with E-state index in [-0.39, 0.29) is 5.91 Å². The number of carbonyl (C=O) groups excluding carboxylic acids is 1. The van der Waals surface area contributed by atoms with Crippen LogP contribution in [0.5, 0.6) is 5.75 Å². The highest BCUT2D eigenvalue weighted by molar-refractivity contribution is 7.07. The minimum atomic E-state index is -0.0425. The molecule has 1 heterocycles. The molecule has 1 aromatic heterocycles. The largest absolute Gasteiger partial charge is 0.486 e. The van der Waals surface area contributed by atoms with Crippen LogP contribution in [0.25, 0.3) is 0 Å². The Balaban J connectivity index is 2.07.